The molecule has 3 amide bonds. The summed E-state index contributed by atoms with van der Waals surface area (Å²) in [6.45, 7) is 11.9. The summed E-state index contributed by atoms with van der Waals surface area (Å²) in [4.78, 5) is 42.9. The van der Waals surface area contributed by atoms with Gasteiger partial charge in [0.1, 0.15) is 23.5 Å². The third-order valence-electron chi connectivity index (χ3n) is 6.58. The molecule has 2 aliphatic rings. The number of fused-ring (bicyclic) bond motifs is 1. The van der Waals surface area contributed by atoms with E-state index in [4.69, 9.17) is 9.47 Å². The molecule has 35 heavy (non-hydrogen) atoms. The molecule has 0 bridgehead atoms. The van der Waals surface area contributed by atoms with Crippen molar-refractivity contribution in [2.75, 3.05) is 20.1 Å². The molecule has 9 heteroatoms. The third kappa shape index (κ3) is 6.25. The topological polar surface area (TPSA) is 100 Å². The lowest BCUT2D eigenvalue weighted by Gasteiger charge is -2.33. The van der Waals surface area contributed by atoms with E-state index in [1.807, 2.05) is 65.0 Å². The van der Waals surface area contributed by atoms with Gasteiger partial charge < -0.3 is 25.0 Å². The Bertz CT molecular complexity index is 901. The molecule has 1 aromatic rings. The quantitative estimate of drug-likeness (QED) is 0.611. The van der Waals surface area contributed by atoms with Gasteiger partial charge in [0.15, 0.2) is 0 Å². The molecule has 194 valence electrons. The maximum absolute atomic E-state index is 13.8. The van der Waals surface area contributed by atoms with Crippen LogP contribution in [-0.2, 0) is 14.3 Å². The van der Waals surface area contributed by atoms with Crippen molar-refractivity contribution in [3.8, 4) is 5.75 Å². The van der Waals surface area contributed by atoms with Crippen molar-refractivity contribution in [3.63, 3.8) is 0 Å². The molecular formula is C26H40N4O5. The van der Waals surface area contributed by atoms with Gasteiger partial charge in [-0.25, -0.2) is 4.79 Å². The standard InChI is InChI=1S/C26H40N4O5/c1-16(2)21(28-23(31)17(3)27-7)24(32)29-14-13-19-22(29)20(34-18-11-9-8-10-12-18)15-30(19)25(33)35-26(4,5)6/h8-12,16-17,19-22,27H,13-15H2,1-7H3,(H,28,31)/t17-,19+,20-,21-,22-/m0/s1. The second-order valence-electron chi connectivity index (χ2n) is 10.7. The first-order valence-electron chi connectivity index (χ1n) is 12.4. The van der Waals surface area contributed by atoms with E-state index in [1.54, 1.807) is 23.8 Å². The number of para-hydroxylation sites is 1. The van der Waals surface area contributed by atoms with Crippen LogP contribution in [0.15, 0.2) is 30.3 Å². The second kappa shape index (κ2) is 10.8. The normalized spacial score (nSPS) is 23.6. The number of carbonyl (C=O) groups is 3. The molecule has 0 spiro atoms. The van der Waals surface area contributed by atoms with Gasteiger partial charge in [-0.15, -0.1) is 0 Å². The van der Waals surface area contributed by atoms with Gasteiger partial charge in [-0.1, -0.05) is 32.0 Å². The van der Waals surface area contributed by atoms with E-state index in [-0.39, 0.29) is 29.8 Å². The van der Waals surface area contributed by atoms with Gasteiger partial charge in [-0.05, 0) is 59.2 Å². The highest BCUT2D eigenvalue weighted by Gasteiger charge is 2.54. The number of likely N-dealkylation sites (N-methyl/N-ethyl adjacent to an activating group) is 1. The van der Waals surface area contributed by atoms with E-state index in [2.05, 4.69) is 10.6 Å². The summed E-state index contributed by atoms with van der Waals surface area (Å²) in [6.07, 6.45) is -0.200. The Morgan fingerprint density at radius 3 is 2.29 bits per heavy atom. The molecule has 0 radical (unpaired) electrons. The highest BCUT2D eigenvalue weighted by Crippen LogP contribution is 2.36. The molecule has 1 aromatic carbocycles. The molecule has 3 rings (SSSR count). The zero-order valence-electron chi connectivity index (χ0n) is 21.9. The Kier molecular flexibility index (Phi) is 8.30. The molecule has 0 saturated carbocycles. The average molecular weight is 489 g/mol. The van der Waals surface area contributed by atoms with Crippen LogP contribution in [0.25, 0.3) is 0 Å². The smallest absolute Gasteiger partial charge is 0.410 e. The summed E-state index contributed by atoms with van der Waals surface area (Å²) < 4.78 is 12.0. The van der Waals surface area contributed by atoms with Gasteiger partial charge in [0.05, 0.1) is 24.7 Å². The van der Waals surface area contributed by atoms with Gasteiger partial charge in [0.25, 0.3) is 0 Å². The van der Waals surface area contributed by atoms with Crippen molar-refractivity contribution >= 4 is 17.9 Å². The lowest BCUT2D eigenvalue weighted by Crippen LogP contribution is -2.57. The van der Waals surface area contributed by atoms with E-state index in [0.29, 0.717) is 25.3 Å². The summed E-state index contributed by atoms with van der Waals surface area (Å²) in [5.41, 5.74) is -0.629. The Morgan fingerprint density at radius 2 is 1.71 bits per heavy atom. The first-order valence-corrected chi connectivity index (χ1v) is 12.4. The van der Waals surface area contributed by atoms with Crippen LogP contribution < -0.4 is 15.4 Å². The minimum absolute atomic E-state index is 0.105. The Balaban J connectivity index is 1.86. The zero-order valence-corrected chi connectivity index (χ0v) is 21.9. The van der Waals surface area contributed by atoms with Crippen LogP contribution in [0.3, 0.4) is 0 Å². The zero-order chi connectivity index (χ0) is 25.9. The summed E-state index contributed by atoms with van der Waals surface area (Å²) in [6, 6.07) is 7.76. The van der Waals surface area contributed by atoms with Crippen LogP contribution in [0.5, 0.6) is 5.75 Å². The molecular weight excluding hydrogens is 448 g/mol. The largest absolute Gasteiger partial charge is 0.486 e. The SMILES string of the molecule is CN[C@@H](C)C(=O)N[C@H](C(=O)N1CC[C@@H]2[C@H]1[C@@H](Oc1ccccc1)CN2C(=O)OC(C)(C)C)C(C)C. The van der Waals surface area contributed by atoms with E-state index in [1.165, 1.54) is 0 Å². The predicted octanol–water partition coefficient (Wildman–Crippen LogP) is 2.40. The number of amides is 3. The number of carbonyl (C=O) groups excluding carboxylic acids is 3. The first kappa shape index (κ1) is 26.8. The number of hydrogen-bond donors (Lipinski definition) is 2. The monoisotopic (exact) mass is 488 g/mol. The van der Waals surface area contributed by atoms with Crippen LogP contribution >= 0.6 is 0 Å². The van der Waals surface area contributed by atoms with E-state index in [0.717, 1.165) is 0 Å². The molecule has 2 aliphatic heterocycles. The number of hydrogen-bond acceptors (Lipinski definition) is 6. The summed E-state index contributed by atoms with van der Waals surface area (Å²) in [7, 11) is 1.71. The summed E-state index contributed by atoms with van der Waals surface area (Å²) >= 11 is 0. The van der Waals surface area contributed by atoms with Crippen LogP contribution in [-0.4, -0.2) is 83.7 Å². The molecule has 9 nitrogen and oxygen atoms in total. The summed E-state index contributed by atoms with van der Waals surface area (Å²) in [5, 5.41) is 5.83. The first-order chi connectivity index (χ1) is 16.4. The van der Waals surface area contributed by atoms with Crippen molar-refractivity contribution in [2.45, 2.75) is 83.8 Å². The fourth-order valence-corrected chi connectivity index (χ4v) is 4.69. The number of nitrogens with zero attached hydrogens (tertiary/aromatic N) is 2. The maximum Gasteiger partial charge on any atom is 0.410 e. The lowest BCUT2D eigenvalue weighted by molar-refractivity contribution is -0.139. The van der Waals surface area contributed by atoms with Gasteiger partial charge >= 0.3 is 6.09 Å². The van der Waals surface area contributed by atoms with Gasteiger partial charge in [-0.2, -0.15) is 0 Å². The molecule has 2 N–H and O–H groups in total. The number of rotatable bonds is 7. The number of nitrogens with one attached hydrogen (secondary N) is 2. The van der Waals surface area contributed by atoms with Crippen LogP contribution in [0.2, 0.25) is 0 Å². The lowest BCUT2D eigenvalue weighted by atomic mass is 10.0. The van der Waals surface area contributed by atoms with Crippen molar-refractivity contribution in [1.82, 2.24) is 20.4 Å². The van der Waals surface area contributed by atoms with Crippen molar-refractivity contribution in [2.24, 2.45) is 5.92 Å². The average Bonchev–Trinajstić information content (AvgIpc) is 3.37. The predicted molar refractivity (Wildman–Crippen MR) is 133 cm³/mol. The second-order valence-corrected chi connectivity index (χ2v) is 10.7. The maximum atomic E-state index is 13.8. The number of likely N-dealkylation sites (tertiary alicyclic amines) is 2. The Morgan fingerprint density at radius 1 is 1.06 bits per heavy atom. The van der Waals surface area contributed by atoms with Crippen molar-refractivity contribution < 1.29 is 23.9 Å². The number of benzene rings is 1. The Labute approximate surface area is 208 Å². The van der Waals surface area contributed by atoms with Gasteiger partial charge in [0.2, 0.25) is 11.8 Å². The highest BCUT2D eigenvalue weighted by molar-refractivity contribution is 5.90. The fourth-order valence-electron chi connectivity index (χ4n) is 4.69. The van der Waals surface area contributed by atoms with Crippen LogP contribution in [0.1, 0.15) is 48.0 Å². The van der Waals surface area contributed by atoms with E-state index in [9.17, 15) is 14.4 Å². The summed E-state index contributed by atoms with van der Waals surface area (Å²) in [5.74, 6) is 0.190. The van der Waals surface area contributed by atoms with Crippen molar-refractivity contribution in [3.05, 3.63) is 30.3 Å². The van der Waals surface area contributed by atoms with Crippen LogP contribution in [0.4, 0.5) is 4.79 Å². The minimum atomic E-state index is -0.676. The third-order valence-corrected chi connectivity index (χ3v) is 6.58. The molecule has 2 heterocycles. The minimum Gasteiger partial charge on any atom is -0.486 e. The molecule has 2 saturated heterocycles. The van der Waals surface area contributed by atoms with E-state index >= 15 is 0 Å². The molecule has 0 aromatic heterocycles. The Hall–Kier alpha value is -2.81. The molecule has 2 fully saturated rings. The molecule has 0 unspecified atom stereocenters. The van der Waals surface area contributed by atoms with E-state index < -0.39 is 29.9 Å². The highest BCUT2D eigenvalue weighted by atomic mass is 16.6. The van der Waals surface area contributed by atoms with Crippen molar-refractivity contribution in [1.29, 1.82) is 0 Å². The molecule has 0 aliphatic carbocycles. The number of ether oxygens (including phenoxy) is 2. The van der Waals surface area contributed by atoms with Crippen LogP contribution in [0, 0.1) is 5.92 Å². The van der Waals surface area contributed by atoms with Gasteiger partial charge in [0, 0.05) is 6.54 Å². The van der Waals surface area contributed by atoms with Gasteiger partial charge in [-0.3, -0.25) is 14.5 Å². The molecule has 5 atom stereocenters. The fraction of sp³-hybridized carbons (Fsp3) is 0.654.